The van der Waals surface area contributed by atoms with E-state index in [9.17, 15) is 5.11 Å². The number of hydrogen-bond acceptors (Lipinski definition) is 2. The minimum Gasteiger partial charge on any atom is -0.393 e. The van der Waals surface area contributed by atoms with Crippen LogP contribution in [0.2, 0.25) is 0 Å². The molecule has 2 heteroatoms. The van der Waals surface area contributed by atoms with Crippen molar-refractivity contribution in [2.24, 2.45) is 5.41 Å². The number of ether oxygens (including phenoxy) is 1. The van der Waals surface area contributed by atoms with E-state index < -0.39 is 0 Å². The minimum absolute atomic E-state index is 0.0172. The zero-order valence-electron chi connectivity index (χ0n) is 6.18. The van der Waals surface area contributed by atoms with Crippen LogP contribution in [0, 0.1) is 5.41 Å². The Hall–Kier alpha value is -0.0800. The first kappa shape index (κ1) is 6.62. The topological polar surface area (TPSA) is 29.5 Å². The summed E-state index contributed by atoms with van der Waals surface area (Å²) in [7, 11) is 0. The molecule has 1 spiro atoms. The predicted molar refractivity (Wildman–Crippen MR) is 37.7 cm³/mol. The molecule has 1 heterocycles. The average Bonchev–Trinajstić information content (AvgIpc) is 2.04. The second-order valence-corrected chi connectivity index (χ2v) is 3.53. The maximum atomic E-state index is 9.47. The number of rotatable bonds is 0. The molecule has 1 saturated heterocycles. The molecule has 2 fully saturated rings. The van der Waals surface area contributed by atoms with E-state index in [1.165, 1.54) is 6.42 Å². The third-order valence-corrected chi connectivity index (χ3v) is 3.11. The van der Waals surface area contributed by atoms with Crippen LogP contribution >= 0.6 is 0 Å². The highest BCUT2D eigenvalue weighted by molar-refractivity contribution is 4.96. The standard InChI is InChI=1S/C8H14O2/c9-7-1-2-8(7)3-5-10-6-4-8/h7,9H,1-6H2/t7-/m0/s1. The van der Waals surface area contributed by atoms with E-state index in [0.717, 1.165) is 32.5 Å². The van der Waals surface area contributed by atoms with Gasteiger partial charge in [-0.3, -0.25) is 0 Å². The Morgan fingerprint density at radius 2 is 1.90 bits per heavy atom. The number of aliphatic hydroxyl groups excluding tert-OH is 1. The summed E-state index contributed by atoms with van der Waals surface area (Å²) in [6.45, 7) is 1.72. The molecule has 0 bridgehead atoms. The lowest BCUT2D eigenvalue weighted by molar-refractivity contribution is -0.123. The Labute approximate surface area is 61.2 Å². The highest BCUT2D eigenvalue weighted by atomic mass is 16.5. The molecule has 1 saturated carbocycles. The van der Waals surface area contributed by atoms with Crippen LogP contribution < -0.4 is 0 Å². The van der Waals surface area contributed by atoms with Gasteiger partial charge in [-0.2, -0.15) is 0 Å². The third-order valence-electron chi connectivity index (χ3n) is 3.11. The fourth-order valence-corrected chi connectivity index (χ4v) is 2.04. The maximum Gasteiger partial charge on any atom is 0.0598 e. The first-order chi connectivity index (χ1) is 4.83. The van der Waals surface area contributed by atoms with E-state index in [1.807, 2.05) is 0 Å². The lowest BCUT2D eigenvalue weighted by atomic mass is 9.62. The van der Waals surface area contributed by atoms with Crippen LogP contribution in [-0.2, 0) is 4.74 Å². The van der Waals surface area contributed by atoms with Crippen molar-refractivity contribution in [2.75, 3.05) is 13.2 Å². The monoisotopic (exact) mass is 142 g/mol. The van der Waals surface area contributed by atoms with Crippen molar-refractivity contribution in [1.29, 1.82) is 0 Å². The minimum atomic E-state index is -0.0172. The number of hydrogen-bond donors (Lipinski definition) is 1. The Kier molecular flexibility index (Phi) is 1.46. The Morgan fingerprint density at radius 1 is 1.20 bits per heavy atom. The molecule has 2 rings (SSSR count). The summed E-state index contributed by atoms with van der Waals surface area (Å²) >= 11 is 0. The SMILES string of the molecule is O[C@H]1CCC12CCOCC2. The van der Waals surface area contributed by atoms with Gasteiger partial charge in [-0.25, -0.2) is 0 Å². The molecule has 0 aromatic carbocycles. The molecule has 2 nitrogen and oxygen atoms in total. The molecule has 1 N–H and O–H groups in total. The smallest absolute Gasteiger partial charge is 0.0598 e. The summed E-state index contributed by atoms with van der Waals surface area (Å²) in [5.74, 6) is 0. The normalized spacial score (nSPS) is 37.5. The first-order valence-corrected chi connectivity index (χ1v) is 4.09. The molecular formula is C8H14O2. The van der Waals surface area contributed by atoms with Gasteiger partial charge >= 0.3 is 0 Å². The van der Waals surface area contributed by atoms with Crippen LogP contribution in [0.3, 0.4) is 0 Å². The van der Waals surface area contributed by atoms with Gasteiger partial charge in [0, 0.05) is 18.6 Å². The molecule has 58 valence electrons. The molecule has 1 aliphatic carbocycles. The van der Waals surface area contributed by atoms with Crippen molar-refractivity contribution < 1.29 is 9.84 Å². The fraction of sp³-hybridized carbons (Fsp3) is 1.00. The summed E-state index contributed by atoms with van der Waals surface area (Å²) in [4.78, 5) is 0. The van der Waals surface area contributed by atoms with Gasteiger partial charge < -0.3 is 9.84 Å². The van der Waals surface area contributed by atoms with Crippen molar-refractivity contribution in [2.45, 2.75) is 31.8 Å². The summed E-state index contributed by atoms with van der Waals surface area (Å²) < 4.78 is 5.24. The summed E-state index contributed by atoms with van der Waals surface area (Å²) in [6, 6.07) is 0. The van der Waals surface area contributed by atoms with Crippen molar-refractivity contribution in [3.05, 3.63) is 0 Å². The van der Waals surface area contributed by atoms with E-state index in [2.05, 4.69) is 0 Å². The van der Waals surface area contributed by atoms with Crippen LogP contribution in [0.5, 0.6) is 0 Å². The van der Waals surface area contributed by atoms with Crippen LogP contribution in [0.1, 0.15) is 25.7 Å². The summed E-state index contributed by atoms with van der Waals surface area (Å²) in [6.07, 6.45) is 4.37. The van der Waals surface area contributed by atoms with E-state index in [1.54, 1.807) is 0 Å². The quantitative estimate of drug-likeness (QED) is 0.545. The molecular weight excluding hydrogens is 128 g/mol. The van der Waals surface area contributed by atoms with E-state index in [-0.39, 0.29) is 11.5 Å². The van der Waals surface area contributed by atoms with Gasteiger partial charge in [0.05, 0.1) is 6.10 Å². The molecule has 0 aromatic heterocycles. The van der Waals surface area contributed by atoms with E-state index in [4.69, 9.17) is 4.74 Å². The van der Waals surface area contributed by atoms with Crippen molar-refractivity contribution in [3.63, 3.8) is 0 Å². The molecule has 0 aromatic rings. The second kappa shape index (κ2) is 2.21. The molecule has 0 unspecified atom stereocenters. The van der Waals surface area contributed by atoms with E-state index in [0.29, 0.717) is 0 Å². The zero-order chi connectivity index (χ0) is 7.03. The van der Waals surface area contributed by atoms with Gasteiger partial charge in [-0.15, -0.1) is 0 Å². The molecule has 0 amide bonds. The van der Waals surface area contributed by atoms with Crippen molar-refractivity contribution >= 4 is 0 Å². The highest BCUT2D eigenvalue weighted by Gasteiger charge is 2.46. The van der Waals surface area contributed by atoms with Crippen LogP contribution in [0.4, 0.5) is 0 Å². The summed E-state index contributed by atoms with van der Waals surface area (Å²) in [5, 5.41) is 9.47. The molecule has 10 heavy (non-hydrogen) atoms. The van der Waals surface area contributed by atoms with E-state index >= 15 is 0 Å². The predicted octanol–water partition coefficient (Wildman–Crippen LogP) is 0.938. The molecule has 1 atom stereocenters. The first-order valence-electron chi connectivity index (χ1n) is 4.09. The van der Waals surface area contributed by atoms with Gasteiger partial charge in [0.15, 0.2) is 0 Å². The van der Waals surface area contributed by atoms with Crippen LogP contribution in [-0.4, -0.2) is 24.4 Å². The lowest BCUT2D eigenvalue weighted by Crippen LogP contribution is -2.48. The largest absolute Gasteiger partial charge is 0.393 e. The number of aliphatic hydroxyl groups is 1. The highest BCUT2D eigenvalue weighted by Crippen LogP contribution is 2.48. The lowest BCUT2D eigenvalue weighted by Gasteiger charge is -2.49. The third kappa shape index (κ3) is 0.789. The Morgan fingerprint density at radius 3 is 2.20 bits per heavy atom. The van der Waals surface area contributed by atoms with Crippen LogP contribution in [0.15, 0.2) is 0 Å². The average molecular weight is 142 g/mol. The van der Waals surface area contributed by atoms with Crippen LogP contribution in [0.25, 0.3) is 0 Å². The van der Waals surface area contributed by atoms with Crippen molar-refractivity contribution in [1.82, 2.24) is 0 Å². The van der Waals surface area contributed by atoms with Crippen molar-refractivity contribution in [3.8, 4) is 0 Å². The Balaban J connectivity index is 1.99. The van der Waals surface area contributed by atoms with Gasteiger partial charge in [-0.1, -0.05) is 0 Å². The van der Waals surface area contributed by atoms with Gasteiger partial charge in [0.2, 0.25) is 0 Å². The molecule has 2 aliphatic rings. The molecule has 0 radical (unpaired) electrons. The van der Waals surface area contributed by atoms with Gasteiger partial charge in [-0.05, 0) is 25.7 Å². The summed E-state index contributed by atoms with van der Waals surface area (Å²) in [5.41, 5.74) is 0.290. The second-order valence-electron chi connectivity index (χ2n) is 3.53. The molecule has 1 aliphatic heterocycles. The zero-order valence-corrected chi connectivity index (χ0v) is 6.18. The fourth-order valence-electron chi connectivity index (χ4n) is 2.04. The maximum absolute atomic E-state index is 9.47. The van der Waals surface area contributed by atoms with Gasteiger partial charge in [0.1, 0.15) is 0 Å². The Bertz CT molecular complexity index is 127. The van der Waals surface area contributed by atoms with Gasteiger partial charge in [0.25, 0.3) is 0 Å².